The molecule has 1 heteroatoms. The molecular formula is C23H25N. The van der Waals surface area contributed by atoms with E-state index in [0.717, 1.165) is 5.56 Å². The maximum atomic E-state index is 8.38. The molecule has 0 amide bonds. The summed E-state index contributed by atoms with van der Waals surface area (Å²) >= 11 is 0. The van der Waals surface area contributed by atoms with Crippen molar-refractivity contribution >= 4 is 0 Å². The minimum Gasteiger partial charge on any atom is -0.192 e. The van der Waals surface area contributed by atoms with Crippen molar-refractivity contribution in [3.05, 3.63) is 107 Å². The monoisotopic (exact) mass is 315 g/mol. The molecule has 0 aliphatic rings. The highest BCUT2D eigenvalue weighted by Crippen LogP contribution is 2.00. The predicted molar refractivity (Wildman–Crippen MR) is 103 cm³/mol. The summed E-state index contributed by atoms with van der Waals surface area (Å²) in [6.45, 7) is 8.28. The SMILES string of the molecule is Cc1ccc(C#N)cc1.Cc1ccc(C)cc1.Cc1ccccc1. The van der Waals surface area contributed by atoms with Gasteiger partial charge >= 0.3 is 0 Å². The first-order valence-corrected chi connectivity index (χ1v) is 8.03. The molecule has 24 heavy (non-hydrogen) atoms. The summed E-state index contributed by atoms with van der Waals surface area (Å²) in [5, 5.41) is 8.38. The van der Waals surface area contributed by atoms with Crippen LogP contribution in [-0.4, -0.2) is 0 Å². The van der Waals surface area contributed by atoms with Gasteiger partial charge in [-0.15, -0.1) is 0 Å². The Morgan fingerprint density at radius 3 is 1.12 bits per heavy atom. The van der Waals surface area contributed by atoms with Crippen LogP contribution in [-0.2, 0) is 0 Å². The molecule has 0 aromatic heterocycles. The van der Waals surface area contributed by atoms with E-state index in [2.05, 4.69) is 63.2 Å². The largest absolute Gasteiger partial charge is 0.192 e. The average Bonchev–Trinajstić information content (AvgIpc) is 2.60. The molecule has 0 N–H and O–H groups in total. The van der Waals surface area contributed by atoms with Gasteiger partial charge in [0, 0.05) is 0 Å². The molecule has 0 aliphatic carbocycles. The number of nitriles is 1. The predicted octanol–water partition coefficient (Wildman–Crippen LogP) is 6.17. The first kappa shape index (κ1) is 19.2. The van der Waals surface area contributed by atoms with E-state index in [-0.39, 0.29) is 0 Å². The minimum absolute atomic E-state index is 0.723. The van der Waals surface area contributed by atoms with Crippen LogP contribution in [0.2, 0.25) is 0 Å². The van der Waals surface area contributed by atoms with Crippen molar-refractivity contribution in [2.75, 3.05) is 0 Å². The lowest BCUT2D eigenvalue weighted by Gasteiger charge is -1.90. The second kappa shape index (κ2) is 10.8. The van der Waals surface area contributed by atoms with Gasteiger partial charge in [-0.3, -0.25) is 0 Å². The molecule has 0 aliphatic heterocycles. The molecule has 0 saturated carbocycles. The Labute approximate surface area is 146 Å². The molecular weight excluding hydrogens is 290 g/mol. The molecule has 0 bridgehead atoms. The highest BCUT2D eigenvalue weighted by atomic mass is 14.2. The molecule has 0 radical (unpaired) electrons. The van der Waals surface area contributed by atoms with E-state index in [1.165, 1.54) is 22.3 Å². The summed E-state index contributed by atoms with van der Waals surface area (Å²) in [7, 11) is 0. The van der Waals surface area contributed by atoms with Crippen molar-refractivity contribution in [2.45, 2.75) is 27.7 Å². The fraction of sp³-hybridized carbons (Fsp3) is 0.174. The molecule has 3 aromatic rings. The molecule has 0 fully saturated rings. The maximum absolute atomic E-state index is 8.38. The lowest BCUT2D eigenvalue weighted by Crippen LogP contribution is -1.72. The minimum atomic E-state index is 0.723. The van der Waals surface area contributed by atoms with E-state index in [1.807, 2.05) is 49.4 Å². The number of hydrogen-bond donors (Lipinski definition) is 0. The molecule has 0 heterocycles. The number of nitrogens with zero attached hydrogens (tertiary/aromatic N) is 1. The quantitative estimate of drug-likeness (QED) is 0.487. The van der Waals surface area contributed by atoms with E-state index >= 15 is 0 Å². The van der Waals surface area contributed by atoms with Crippen molar-refractivity contribution in [1.29, 1.82) is 5.26 Å². The molecule has 1 nitrogen and oxygen atoms in total. The topological polar surface area (TPSA) is 23.8 Å². The Balaban J connectivity index is 0.000000181. The molecule has 0 unspecified atom stereocenters. The van der Waals surface area contributed by atoms with Gasteiger partial charge in [0.1, 0.15) is 0 Å². The summed E-state index contributed by atoms with van der Waals surface area (Å²) in [5.41, 5.74) is 5.89. The first-order valence-electron chi connectivity index (χ1n) is 8.03. The first-order chi connectivity index (χ1) is 11.5. The molecule has 122 valence electrons. The fourth-order valence-electron chi connectivity index (χ4n) is 1.80. The van der Waals surface area contributed by atoms with Gasteiger partial charge in [0.15, 0.2) is 0 Å². The van der Waals surface area contributed by atoms with Crippen molar-refractivity contribution < 1.29 is 0 Å². The third kappa shape index (κ3) is 8.56. The normalized spacial score (nSPS) is 8.79. The zero-order valence-corrected chi connectivity index (χ0v) is 15.0. The van der Waals surface area contributed by atoms with E-state index in [0.29, 0.717) is 0 Å². The van der Waals surface area contributed by atoms with Gasteiger partial charge in [-0.25, -0.2) is 0 Å². The van der Waals surface area contributed by atoms with Crippen molar-refractivity contribution in [1.82, 2.24) is 0 Å². The number of rotatable bonds is 0. The van der Waals surface area contributed by atoms with Crippen LogP contribution in [0, 0.1) is 39.0 Å². The summed E-state index contributed by atoms with van der Waals surface area (Å²) in [6, 6.07) is 28.3. The van der Waals surface area contributed by atoms with Crippen LogP contribution < -0.4 is 0 Å². The summed E-state index contributed by atoms with van der Waals surface area (Å²) < 4.78 is 0. The van der Waals surface area contributed by atoms with Crippen LogP contribution >= 0.6 is 0 Å². The van der Waals surface area contributed by atoms with Gasteiger partial charge in [0.05, 0.1) is 11.6 Å². The van der Waals surface area contributed by atoms with E-state index in [9.17, 15) is 0 Å². The Morgan fingerprint density at radius 2 is 0.833 bits per heavy atom. The number of hydrogen-bond acceptors (Lipinski definition) is 1. The zero-order valence-electron chi connectivity index (χ0n) is 15.0. The standard InChI is InChI=1S/C8H7N.C8H10.C7H8/c1-7-2-4-8(6-9)5-3-7;1-7-3-5-8(2)6-4-7;1-7-5-3-2-4-6-7/h2-5H,1H3;3-6H,1-2H3;2-6H,1H3. The molecule has 0 spiro atoms. The van der Waals surface area contributed by atoms with Gasteiger partial charge in [-0.05, 0) is 39.8 Å². The third-order valence-corrected chi connectivity index (χ3v) is 3.34. The maximum Gasteiger partial charge on any atom is 0.0991 e. The van der Waals surface area contributed by atoms with Crippen LogP contribution in [0.3, 0.4) is 0 Å². The van der Waals surface area contributed by atoms with Crippen molar-refractivity contribution in [3.8, 4) is 6.07 Å². The highest BCUT2D eigenvalue weighted by molar-refractivity contribution is 5.30. The van der Waals surface area contributed by atoms with Gasteiger partial charge < -0.3 is 0 Å². The van der Waals surface area contributed by atoms with Gasteiger partial charge in [-0.2, -0.15) is 5.26 Å². The Hall–Kier alpha value is -2.85. The Bertz CT molecular complexity index is 712. The van der Waals surface area contributed by atoms with Gasteiger partial charge in [-0.1, -0.05) is 89.0 Å². The van der Waals surface area contributed by atoms with Crippen LogP contribution in [0.15, 0.2) is 78.9 Å². The van der Waals surface area contributed by atoms with Crippen molar-refractivity contribution in [3.63, 3.8) is 0 Å². The second-order valence-electron chi connectivity index (χ2n) is 5.79. The summed E-state index contributed by atoms with van der Waals surface area (Å²) in [5.74, 6) is 0. The van der Waals surface area contributed by atoms with Crippen LogP contribution in [0.4, 0.5) is 0 Å². The van der Waals surface area contributed by atoms with Crippen molar-refractivity contribution in [2.24, 2.45) is 0 Å². The third-order valence-electron chi connectivity index (χ3n) is 3.34. The van der Waals surface area contributed by atoms with E-state index in [4.69, 9.17) is 5.26 Å². The number of aryl methyl sites for hydroxylation is 4. The highest BCUT2D eigenvalue weighted by Gasteiger charge is 1.85. The smallest absolute Gasteiger partial charge is 0.0991 e. The summed E-state index contributed by atoms with van der Waals surface area (Å²) in [6.07, 6.45) is 0. The van der Waals surface area contributed by atoms with Gasteiger partial charge in [0.2, 0.25) is 0 Å². The van der Waals surface area contributed by atoms with Crippen LogP contribution in [0.5, 0.6) is 0 Å². The molecule has 0 saturated heterocycles. The molecule has 3 aromatic carbocycles. The fourth-order valence-corrected chi connectivity index (χ4v) is 1.80. The number of benzene rings is 3. The average molecular weight is 315 g/mol. The van der Waals surface area contributed by atoms with Gasteiger partial charge in [0.25, 0.3) is 0 Å². The molecule has 3 rings (SSSR count). The molecule has 0 atom stereocenters. The zero-order chi connectivity index (χ0) is 17.8. The Morgan fingerprint density at radius 1 is 0.500 bits per heavy atom. The van der Waals surface area contributed by atoms with Crippen LogP contribution in [0.25, 0.3) is 0 Å². The van der Waals surface area contributed by atoms with E-state index in [1.54, 1.807) is 0 Å². The second-order valence-corrected chi connectivity index (χ2v) is 5.79. The lowest BCUT2D eigenvalue weighted by atomic mass is 10.2. The lowest BCUT2D eigenvalue weighted by molar-refractivity contribution is 1.40. The Kier molecular flexibility index (Phi) is 8.64. The van der Waals surface area contributed by atoms with E-state index < -0.39 is 0 Å². The van der Waals surface area contributed by atoms with Crippen LogP contribution in [0.1, 0.15) is 27.8 Å². The summed E-state index contributed by atoms with van der Waals surface area (Å²) in [4.78, 5) is 0.